The monoisotopic (exact) mass is 400 g/mol. The number of para-hydroxylation sites is 1. The Kier molecular flexibility index (Phi) is 6.52. The molecule has 1 aliphatic rings. The van der Waals surface area contributed by atoms with Gasteiger partial charge in [0.1, 0.15) is 35.0 Å². The van der Waals surface area contributed by atoms with Gasteiger partial charge in [-0.2, -0.15) is 10.5 Å². The number of hydrogen-bond donors (Lipinski definition) is 0. The average Bonchev–Trinajstić information content (AvgIpc) is 2.78. The SMILES string of the molecule is COC(=O)C(C)=CCCCOc1ccc2c(c1)Oc1ccccc1C2=C(C#N)C#N. The quantitative estimate of drug-likeness (QED) is 0.252. The summed E-state index contributed by atoms with van der Waals surface area (Å²) >= 11 is 0. The fourth-order valence-corrected chi connectivity index (χ4v) is 3.15. The van der Waals surface area contributed by atoms with E-state index in [-0.39, 0.29) is 11.5 Å². The van der Waals surface area contributed by atoms with Crippen LogP contribution in [0.3, 0.4) is 0 Å². The third-order valence-corrected chi connectivity index (χ3v) is 4.65. The lowest BCUT2D eigenvalue weighted by Gasteiger charge is -2.23. The minimum absolute atomic E-state index is 0.0356. The maximum atomic E-state index is 11.4. The van der Waals surface area contributed by atoms with Crippen molar-refractivity contribution in [3.8, 4) is 29.4 Å². The number of hydrogen-bond acceptors (Lipinski definition) is 6. The van der Waals surface area contributed by atoms with Crippen LogP contribution < -0.4 is 9.47 Å². The normalized spacial score (nSPS) is 11.9. The summed E-state index contributed by atoms with van der Waals surface area (Å²) in [6.07, 6.45) is 3.24. The number of allylic oxidation sites excluding steroid dienone is 2. The minimum Gasteiger partial charge on any atom is -0.493 e. The summed E-state index contributed by atoms with van der Waals surface area (Å²) in [6, 6.07) is 16.6. The highest BCUT2D eigenvalue weighted by molar-refractivity contribution is 5.93. The Labute approximate surface area is 175 Å². The molecule has 3 rings (SSSR count). The Bertz CT molecular complexity index is 1100. The van der Waals surface area contributed by atoms with Crippen LogP contribution in [0.4, 0.5) is 0 Å². The second-order valence-corrected chi connectivity index (χ2v) is 6.60. The van der Waals surface area contributed by atoms with Gasteiger partial charge in [0, 0.05) is 28.3 Å². The van der Waals surface area contributed by atoms with E-state index in [1.807, 2.05) is 36.4 Å². The maximum Gasteiger partial charge on any atom is 0.333 e. The van der Waals surface area contributed by atoms with Crippen LogP contribution in [-0.2, 0) is 9.53 Å². The predicted octanol–water partition coefficient (Wildman–Crippen LogP) is 4.92. The van der Waals surface area contributed by atoms with E-state index < -0.39 is 0 Å². The van der Waals surface area contributed by atoms with Crippen LogP contribution in [0.25, 0.3) is 5.57 Å². The minimum atomic E-state index is -0.332. The van der Waals surface area contributed by atoms with E-state index in [1.165, 1.54) is 7.11 Å². The fraction of sp³-hybridized carbons (Fsp3) is 0.208. The number of nitrogens with zero attached hydrogens (tertiary/aromatic N) is 2. The molecule has 0 aliphatic carbocycles. The van der Waals surface area contributed by atoms with E-state index >= 15 is 0 Å². The maximum absolute atomic E-state index is 11.4. The Balaban J connectivity index is 1.77. The van der Waals surface area contributed by atoms with E-state index in [9.17, 15) is 15.3 Å². The van der Waals surface area contributed by atoms with Gasteiger partial charge in [0.05, 0.1) is 13.7 Å². The van der Waals surface area contributed by atoms with E-state index in [1.54, 1.807) is 31.2 Å². The molecule has 1 heterocycles. The van der Waals surface area contributed by atoms with Gasteiger partial charge in [0.25, 0.3) is 0 Å². The van der Waals surface area contributed by atoms with E-state index in [0.29, 0.717) is 52.5 Å². The summed E-state index contributed by atoms with van der Waals surface area (Å²) in [6.45, 7) is 2.18. The zero-order valence-electron chi connectivity index (χ0n) is 16.8. The molecule has 6 heteroatoms. The summed E-state index contributed by atoms with van der Waals surface area (Å²) in [5.41, 5.74) is 2.56. The van der Waals surface area contributed by atoms with Gasteiger partial charge < -0.3 is 14.2 Å². The Morgan fingerprint density at radius 3 is 2.57 bits per heavy atom. The van der Waals surface area contributed by atoms with Crippen LogP contribution in [0.2, 0.25) is 0 Å². The molecular weight excluding hydrogens is 380 g/mol. The van der Waals surface area contributed by atoms with Crippen molar-refractivity contribution in [1.29, 1.82) is 10.5 Å². The average molecular weight is 400 g/mol. The van der Waals surface area contributed by atoms with Crippen molar-refractivity contribution in [3.63, 3.8) is 0 Å². The number of esters is 1. The van der Waals surface area contributed by atoms with Crippen molar-refractivity contribution in [2.24, 2.45) is 0 Å². The Morgan fingerprint density at radius 2 is 1.83 bits per heavy atom. The van der Waals surface area contributed by atoms with Gasteiger partial charge in [-0.25, -0.2) is 4.79 Å². The molecule has 2 aromatic carbocycles. The first kappa shape index (κ1) is 20.7. The number of ether oxygens (including phenoxy) is 3. The molecule has 1 aliphatic heterocycles. The third-order valence-electron chi connectivity index (χ3n) is 4.65. The number of methoxy groups -OCH3 is 1. The smallest absolute Gasteiger partial charge is 0.333 e. The summed E-state index contributed by atoms with van der Waals surface area (Å²) in [4.78, 5) is 11.4. The molecule has 0 aromatic heterocycles. The number of nitriles is 2. The van der Waals surface area contributed by atoms with Crippen molar-refractivity contribution >= 4 is 11.5 Å². The van der Waals surface area contributed by atoms with Gasteiger partial charge in [-0.05, 0) is 38.0 Å². The van der Waals surface area contributed by atoms with Crippen molar-refractivity contribution in [3.05, 3.63) is 70.8 Å². The number of unbranched alkanes of at least 4 members (excludes halogenated alkanes) is 1. The van der Waals surface area contributed by atoms with Crippen molar-refractivity contribution in [2.75, 3.05) is 13.7 Å². The lowest BCUT2D eigenvalue weighted by molar-refractivity contribution is -0.136. The molecule has 0 bridgehead atoms. The molecule has 0 spiro atoms. The van der Waals surface area contributed by atoms with Gasteiger partial charge in [-0.3, -0.25) is 0 Å². The van der Waals surface area contributed by atoms with Gasteiger partial charge in [0.15, 0.2) is 0 Å². The zero-order valence-corrected chi connectivity index (χ0v) is 16.8. The van der Waals surface area contributed by atoms with E-state index in [4.69, 9.17) is 9.47 Å². The van der Waals surface area contributed by atoms with Crippen LogP contribution in [0.5, 0.6) is 17.2 Å². The second kappa shape index (κ2) is 9.45. The highest BCUT2D eigenvalue weighted by Crippen LogP contribution is 2.45. The fourth-order valence-electron chi connectivity index (χ4n) is 3.15. The van der Waals surface area contributed by atoms with E-state index in [0.717, 1.165) is 6.42 Å². The summed E-state index contributed by atoms with van der Waals surface area (Å²) < 4.78 is 16.5. The summed E-state index contributed by atoms with van der Waals surface area (Å²) in [5, 5.41) is 18.8. The number of benzene rings is 2. The number of fused-ring (bicyclic) bond motifs is 2. The molecule has 2 aromatic rings. The molecule has 0 saturated heterocycles. The van der Waals surface area contributed by atoms with Crippen molar-refractivity contribution in [1.82, 2.24) is 0 Å². The second-order valence-electron chi connectivity index (χ2n) is 6.60. The van der Waals surface area contributed by atoms with Crippen LogP contribution in [0, 0.1) is 22.7 Å². The van der Waals surface area contributed by atoms with Crippen molar-refractivity contribution in [2.45, 2.75) is 19.8 Å². The molecule has 0 saturated carbocycles. The Hall–Kier alpha value is -4.03. The van der Waals surface area contributed by atoms with Gasteiger partial charge >= 0.3 is 5.97 Å². The van der Waals surface area contributed by atoms with Gasteiger partial charge in [-0.1, -0.05) is 24.3 Å². The first-order valence-electron chi connectivity index (χ1n) is 9.43. The molecule has 0 atom stereocenters. The van der Waals surface area contributed by atoms with E-state index in [2.05, 4.69) is 4.74 Å². The predicted molar refractivity (Wildman–Crippen MR) is 111 cm³/mol. The highest BCUT2D eigenvalue weighted by Gasteiger charge is 2.25. The topological polar surface area (TPSA) is 92.3 Å². The number of carbonyl (C=O) groups is 1. The summed E-state index contributed by atoms with van der Waals surface area (Å²) in [7, 11) is 1.36. The molecule has 0 radical (unpaired) electrons. The molecular formula is C24H20N2O4. The standard InChI is InChI=1S/C24H20N2O4/c1-16(24(27)28-2)7-5-6-12-29-18-10-11-20-22(13-18)30-21-9-4-3-8-19(21)23(20)17(14-25)15-26/h3-4,7-11,13H,5-6,12H2,1-2H3. The largest absolute Gasteiger partial charge is 0.493 e. The van der Waals surface area contributed by atoms with Crippen LogP contribution in [0.1, 0.15) is 30.9 Å². The van der Waals surface area contributed by atoms with Crippen LogP contribution >= 0.6 is 0 Å². The lowest BCUT2D eigenvalue weighted by atomic mass is 9.90. The van der Waals surface area contributed by atoms with Crippen LogP contribution in [-0.4, -0.2) is 19.7 Å². The molecule has 0 unspecified atom stereocenters. The molecule has 150 valence electrons. The third kappa shape index (κ3) is 4.34. The Morgan fingerprint density at radius 1 is 1.10 bits per heavy atom. The summed E-state index contributed by atoms with van der Waals surface area (Å²) in [5.74, 6) is 1.41. The number of rotatable bonds is 6. The first-order chi connectivity index (χ1) is 14.6. The number of carbonyl (C=O) groups excluding carboxylic acids is 1. The van der Waals surface area contributed by atoms with Gasteiger partial charge in [-0.15, -0.1) is 0 Å². The van der Waals surface area contributed by atoms with Crippen molar-refractivity contribution < 1.29 is 19.0 Å². The molecule has 0 N–H and O–H groups in total. The van der Waals surface area contributed by atoms with Crippen LogP contribution in [0.15, 0.2) is 59.7 Å². The molecule has 6 nitrogen and oxygen atoms in total. The highest BCUT2D eigenvalue weighted by atomic mass is 16.5. The molecule has 0 fully saturated rings. The molecule has 0 amide bonds. The lowest BCUT2D eigenvalue weighted by Crippen LogP contribution is -2.05. The zero-order chi connectivity index (χ0) is 21.5. The molecule has 30 heavy (non-hydrogen) atoms. The van der Waals surface area contributed by atoms with Gasteiger partial charge in [0.2, 0.25) is 0 Å². The first-order valence-corrected chi connectivity index (χ1v) is 9.43.